The summed E-state index contributed by atoms with van der Waals surface area (Å²) in [4.78, 5) is 38.1. The van der Waals surface area contributed by atoms with Crippen LogP contribution in [0, 0.1) is 6.92 Å². The molecule has 0 spiro atoms. The zero-order valence-electron chi connectivity index (χ0n) is 17.5. The first-order valence-corrected chi connectivity index (χ1v) is 10.5. The molecule has 0 atom stereocenters. The summed E-state index contributed by atoms with van der Waals surface area (Å²) in [5, 5.41) is 4.00. The molecule has 1 saturated carbocycles. The van der Waals surface area contributed by atoms with E-state index in [2.05, 4.69) is 10.5 Å². The van der Waals surface area contributed by atoms with Gasteiger partial charge >= 0.3 is 18.0 Å². The highest BCUT2D eigenvalue weighted by Crippen LogP contribution is 2.34. The Morgan fingerprint density at radius 1 is 1.29 bits per heavy atom. The van der Waals surface area contributed by atoms with E-state index >= 15 is 0 Å². The average Bonchev–Trinajstić information content (AvgIpc) is 3.37. The molecule has 0 unspecified atom stereocenters. The summed E-state index contributed by atoms with van der Waals surface area (Å²) in [6, 6.07) is -0.285. The van der Waals surface area contributed by atoms with Crippen LogP contribution < -0.4 is 16.7 Å². The highest BCUT2D eigenvalue weighted by atomic mass is 32.1. The number of carbonyl (C=O) groups excluding carboxylic acids is 1. The lowest BCUT2D eigenvalue weighted by molar-refractivity contribution is -0.136. The zero-order valence-corrected chi connectivity index (χ0v) is 18.3. The number of nitrogens with zero attached hydrogens (tertiary/aromatic N) is 3. The molecule has 3 rings (SSSR count). The maximum atomic E-state index is 13.0. The Morgan fingerprint density at radius 3 is 2.48 bits per heavy atom. The van der Waals surface area contributed by atoms with Gasteiger partial charge in [-0.1, -0.05) is 0 Å². The van der Waals surface area contributed by atoms with Crippen molar-refractivity contribution in [2.45, 2.75) is 71.3 Å². The lowest BCUT2D eigenvalue weighted by atomic mass is 10.2. The summed E-state index contributed by atoms with van der Waals surface area (Å²) in [6.45, 7) is 6.12. The number of thiophene rings is 1. The maximum Gasteiger partial charge on any atom is 0.428 e. The van der Waals surface area contributed by atoms with Gasteiger partial charge in [0.05, 0.1) is 22.9 Å². The van der Waals surface area contributed by atoms with Crippen molar-refractivity contribution in [1.82, 2.24) is 14.6 Å². The van der Waals surface area contributed by atoms with Crippen LogP contribution in [-0.4, -0.2) is 33.2 Å². The van der Waals surface area contributed by atoms with Gasteiger partial charge in [-0.25, -0.2) is 15.0 Å². The molecular weight excluding hydrogens is 437 g/mol. The summed E-state index contributed by atoms with van der Waals surface area (Å²) in [5.74, 6) is 0. The second kappa shape index (κ2) is 8.13. The number of halogens is 3. The van der Waals surface area contributed by atoms with Gasteiger partial charge in [0.1, 0.15) is 10.4 Å². The number of ether oxygens (including phenoxy) is 1. The third kappa shape index (κ3) is 5.35. The van der Waals surface area contributed by atoms with Gasteiger partial charge in [0.25, 0.3) is 5.56 Å². The van der Waals surface area contributed by atoms with E-state index in [1.165, 1.54) is 6.21 Å². The predicted molar refractivity (Wildman–Crippen MR) is 111 cm³/mol. The number of carbonyl (C=O) groups is 1. The highest BCUT2D eigenvalue weighted by Gasteiger charge is 2.32. The van der Waals surface area contributed by atoms with Crippen LogP contribution >= 0.6 is 11.3 Å². The lowest BCUT2D eigenvalue weighted by Gasteiger charge is -2.18. The summed E-state index contributed by atoms with van der Waals surface area (Å²) in [6.07, 6.45) is -3.86. The van der Waals surface area contributed by atoms with E-state index in [9.17, 15) is 27.6 Å². The van der Waals surface area contributed by atoms with Gasteiger partial charge in [-0.15, -0.1) is 11.3 Å². The number of hydrazone groups is 1. The largest absolute Gasteiger partial charge is 0.443 e. The normalized spacial score (nSPS) is 15.1. The molecule has 1 N–H and O–H groups in total. The van der Waals surface area contributed by atoms with Gasteiger partial charge in [0.15, 0.2) is 0 Å². The first-order valence-electron chi connectivity index (χ1n) is 9.66. The molecule has 170 valence electrons. The highest BCUT2D eigenvalue weighted by molar-refractivity contribution is 7.20. The standard InChI is InChI=1S/C19H23F3N4O4S/c1-10-12(9-23-24-16(28)30-18(2,3)4)31-15-13(10)14(27)26(11-5-6-11)17(29)25(15)8-7-19(20,21)22/h9,11H,5-8H2,1-4H3,(H,24,28)/b23-9+. The summed E-state index contributed by atoms with van der Waals surface area (Å²) < 4.78 is 45.6. The third-order valence-corrected chi connectivity index (χ3v) is 5.80. The fourth-order valence-corrected chi connectivity index (χ4v) is 4.23. The molecule has 2 aromatic rings. The number of hydrogen-bond donors (Lipinski definition) is 1. The molecule has 2 heterocycles. The van der Waals surface area contributed by atoms with Crippen LogP contribution in [0.25, 0.3) is 10.2 Å². The van der Waals surface area contributed by atoms with E-state index in [1.54, 1.807) is 27.7 Å². The Bertz CT molecular complexity index is 1150. The molecule has 31 heavy (non-hydrogen) atoms. The van der Waals surface area contributed by atoms with E-state index < -0.39 is 42.1 Å². The summed E-state index contributed by atoms with van der Waals surface area (Å²) >= 11 is 0.976. The molecule has 1 aliphatic carbocycles. The van der Waals surface area contributed by atoms with Gasteiger partial charge in [-0.2, -0.15) is 18.3 Å². The number of amides is 1. The minimum Gasteiger partial charge on any atom is -0.443 e. The van der Waals surface area contributed by atoms with Crippen LogP contribution in [0.4, 0.5) is 18.0 Å². The quantitative estimate of drug-likeness (QED) is 0.544. The van der Waals surface area contributed by atoms with Crippen molar-refractivity contribution < 1.29 is 22.7 Å². The van der Waals surface area contributed by atoms with Crippen molar-refractivity contribution in [1.29, 1.82) is 0 Å². The topological polar surface area (TPSA) is 94.7 Å². The first kappa shape index (κ1) is 23.0. The Labute approximate surface area is 179 Å². The van der Waals surface area contributed by atoms with Crippen molar-refractivity contribution in [2.24, 2.45) is 5.10 Å². The van der Waals surface area contributed by atoms with Crippen molar-refractivity contribution in [3.05, 3.63) is 31.3 Å². The zero-order chi connectivity index (χ0) is 23.1. The van der Waals surface area contributed by atoms with Crippen molar-refractivity contribution in [3.8, 4) is 0 Å². The van der Waals surface area contributed by atoms with Crippen LogP contribution in [0.3, 0.4) is 0 Å². The van der Waals surface area contributed by atoms with Crippen LogP contribution in [0.2, 0.25) is 0 Å². The van der Waals surface area contributed by atoms with Crippen molar-refractivity contribution >= 4 is 33.9 Å². The van der Waals surface area contributed by atoms with Gasteiger partial charge in [-0.05, 0) is 46.1 Å². The number of fused-ring (bicyclic) bond motifs is 1. The maximum absolute atomic E-state index is 13.0. The van der Waals surface area contributed by atoms with E-state index in [1.807, 2.05) is 0 Å². The molecule has 0 radical (unpaired) electrons. The summed E-state index contributed by atoms with van der Waals surface area (Å²) in [5.41, 5.74) is 0.718. The number of hydrogen-bond acceptors (Lipinski definition) is 6. The van der Waals surface area contributed by atoms with Crippen molar-refractivity contribution in [3.63, 3.8) is 0 Å². The van der Waals surface area contributed by atoms with Gasteiger partial charge in [0.2, 0.25) is 0 Å². The Hall–Kier alpha value is -2.63. The molecule has 0 saturated heterocycles. The van der Waals surface area contributed by atoms with Crippen LogP contribution in [0.5, 0.6) is 0 Å². The molecule has 1 amide bonds. The molecular formula is C19H23F3N4O4S. The minimum atomic E-state index is -4.44. The molecule has 0 aromatic carbocycles. The summed E-state index contributed by atoms with van der Waals surface area (Å²) in [7, 11) is 0. The van der Waals surface area contributed by atoms with Crippen molar-refractivity contribution in [2.75, 3.05) is 0 Å². The average molecular weight is 460 g/mol. The molecule has 0 bridgehead atoms. The molecule has 1 aliphatic rings. The third-order valence-electron chi connectivity index (χ3n) is 4.55. The molecule has 12 heteroatoms. The SMILES string of the molecule is Cc1c(/C=N/NC(=O)OC(C)(C)C)sc2c1c(=O)n(C1CC1)c(=O)n2CCC(F)(F)F. The lowest BCUT2D eigenvalue weighted by Crippen LogP contribution is -2.39. The minimum absolute atomic E-state index is 0.160. The fourth-order valence-electron chi connectivity index (χ4n) is 3.04. The van der Waals surface area contributed by atoms with Gasteiger partial charge in [0, 0.05) is 12.6 Å². The van der Waals surface area contributed by atoms with Gasteiger partial charge < -0.3 is 4.74 Å². The molecule has 0 aliphatic heterocycles. The Balaban J connectivity index is 2.02. The smallest absolute Gasteiger partial charge is 0.428 e. The van der Waals surface area contributed by atoms with E-state index in [0.717, 1.165) is 20.5 Å². The van der Waals surface area contributed by atoms with Crippen LogP contribution in [0.15, 0.2) is 14.7 Å². The second-order valence-corrected chi connectivity index (χ2v) is 9.38. The fraction of sp³-hybridized carbons (Fsp3) is 0.579. The van der Waals surface area contributed by atoms with E-state index in [4.69, 9.17) is 4.74 Å². The predicted octanol–water partition coefficient (Wildman–Crippen LogP) is 3.68. The number of aryl methyl sites for hydroxylation is 2. The number of aromatic nitrogens is 2. The number of rotatable bonds is 5. The van der Waals surface area contributed by atoms with Crippen LogP contribution in [0.1, 0.15) is 56.5 Å². The monoisotopic (exact) mass is 460 g/mol. The Morgan fingerprint density at radius 2 is 1.94 bits per heavy atom. The second-order valence-electron chi connectivity index (χ2n) is 8.35. The van der Waals surface area contributed by atoms with E-state index in [0.29, 0.717) is 23.3 Å². The van der Waals surface area contributed by atoms with Crippen LogP contribution in [-0.2, 0) is 11.3 Å². The molecule has 1 fully saturated rings. The van der Waals surface area contributed by atoms with E-state index in [-0.39, 0.29) is 16.3 Å². The first-order chi connectivity index (χ1) is 14.3. The Kier molecular flexibility index (Phi) is 6.05. The number of alkyl halides is 3. The molecule has 8 nitrogen and oxygen atoms in total. The number of nitrogens with one attached hydrogen (secondary N) is 1. The molecule has 2 aromatic heterocycles. The van der Waals surface area contributed by atoms with Gasteiger partial charge in [-0.3, -0.25) is 13.9 Å².